The maximum Gasteiger partial charge on any atom is 0.343 e. The van der Waals surface area contributed by atoms with E-state index in [1.165, 1.54) is 0 Å². The molecule has 1 aliphatic heterocycles. The normalized spacial score (nSPS) is 15.1. The van der Waals surface area contributed by atoms with Crippen LogP contribution in [0.4, 0.5) is 0 Å². The summed E-state index contributed by atoms with van der Waals surface area (Å²) in [5.41, 5.74) is 2.16. The van der Waals surface area contributed by atoms with Crippen molar-refractivity contribution in [1.82, 2.24) is 0 Å². The van der Waals surface area contributed by atoms with Gasteiger partial charge in [0.25, 0.3) is 0 Å². The minimum Gasteiger partial charge on any atom is -0.493 e. The molecule has 0 atom stereocenters. The number of halogens is 1. The molecule has 1 heterocycles. The molecule has 0 saturated heterocycles. The van der Waals surface area contributed by atoms with Gasteiger partial charge in [-0.15, -0.1) is 0 Å². The molecule has 0 radical (unpaired) electrons. The molecule has 2 aromatic rings. The van der Waals surface area contributed by atoms with Gasteiger partial charge in [0.05, 0.1) is 23.8 Å². The smallest absolute Gasteiger partial charge is 0.343 e. The molecule has 128 valence electrons. The highest BCUT2D eigenvalue weighted by atomic mass is 79.9. The third-order valence-electron chi connectivity index (χ3n) is 3.65. The van der Waals surface area contributed by atoms with Gasteiger partial charge in [0.15, 0.2) is 11.5 Å². The summed E-state index contributed by atoms with van der Waals surface area (Å²) in [4.78, 5) is 12.2. The topological polar surface area (TPSA) is 44.8 Å². The van der Waals surface area contributed by atoms with E-state index in [0.29, 0.717) is 29.4 Å². The highest BCUT2D eigenvalue weighted by molar-refractivity contribution is 9.10. The fourth-order valence-corrected chi connectivity index (χ4v) is 3.09. The molecule has 0 unspecified atom stereocenters. The first-order valence-corrected chi connectivity index (χ1v) is 8.63. The lowest BCUT2D eigenvalue weighted by Crippen LogP contribution is -1.98. The maximum absolute atomic E-state index is 12.2. The fourth-order valence-electron chi connectivity index (χ4n) is 2.52. The van der Waals surface area contributed by atoms with Gasteiger partial charge in [-0.3, -0.25) is 0 Å². The highest BCUT2D eigenvalue weighted by Gasteiger charge is 2.22. The van der Waals surface area contributed by atoms with Gasteiger partial charge in [0, 0.05) is 5.56 Å². The number of methoxy groups -OCH3 is 1. The molecule has 0 aliphatic carbocycles. The van der Waals surface area contributed by atoms with E-state index in [1.807, 2.05) is 49.4 Å². The van der Waals surface area contributed by atoms with Crippen LogP contribution in [0, 0.1) is 0 Å². The van der Waals surface area contributed by atoms with Crippen LogP contribution in [-0.4, -0.2) is 19.7 Å². The molecule has 4 nitrogen and oxygen atoms in total. The summed E-state index contributed by atoms with van der Waals surface area (Å²) in [6.45, 7) is 2.44. The van der Waals surface area contributed by atoms with Gasteiger partial charge in [0.1, 0.15) is 5.76 Å². The Kier molecular flexibility index (Phi) is 5.24. The lowest BCUT2D eigenvalue weighted by atomic mass is 10.1. The van der Waals surface area contributed by atoms with Crippen molar-refractivity contribution in [1.29, 1.82) is 0 Å². The Morgan fingerprint density at radius 1 is 1.20 bits per heavy atom. The SMILES string of the molecule is CCOc1c(Br)cc(/C=C2/C=C(c3ccccc3)OC2=O)cc1OC. The van der Waals surface area contributed by atoms with E-state index >= 15 is 0 Å². The van der Waals surface area contributed by atoms with Gasteiger partial charge >= 0.3 is 5.97 Å². The molecular formula is C20H17BrO4. The van der Waals surface area contributed by atoms with Crippen molar-refractivity contribution in [3.8, 4) is 11.5 Å². The van der Waals surface area contributed by atoms with Gasteiger partial charge in [-0.2, -0.15) is 0 Å². The van der Waals surface area contributed by atoms with Crippen molar-refractivity contribution in [3.05, 3.63) is 69.7 Å². The lowest BCUT2D eigenvalue weighted by molar-refractivity contribution is -0.130. The molecule has 1 aliphatic rings. The Hall–Kier alpha value is -2.53. The van der Waals surface area contributed by atoms with Crippen LogP contribution in [0.1, 0.15) is 18.1 Å². The standard InChI is InChI=1S/C20H17BrO4/c1-3-24-19-16(21)10-13(11-18(19)23-2)9-15-12-17(25-20(15)22)14-7-5-4-6-8-14/h4-12H,3H2,1-2H3/b15-9-. The number of hydrogen-bond acceptors (Lipinski definition) is 4. The summed E-state index contributed by atoms with van der Waals surface area (Å²) in [6, 6.07) is 13.2. The van der Waals surface area contributed by atoms with Crippen molar-refractivity contribution in [2.45, 2.75) is 6.92 Å². The third-order valence-corrected chi connectivity index (χ3v) is 4.23. The molecular weight excluding hydrogens is 384 g/mol. The second-order valence-electron chi connectivity index (χ2n) is 5.33. The number of cyclic esters (lactones) is 1. The van der Waals surface area contributed by atoms with Gasteiger partial charge in [0.2, 0.25) is 0 Å². The van der Waals surface area contributed by atoms with Crippen LogP contribution < -0.4 is 9.47 Å². The van der Waals surface area contributed by atoms with Crippen LogP contribution in [-0.2, 0) is 9.53 Å². The minimum absolute atomic E-state index is 0.372. The number of benzene rings is 2. The van der Waals surface area contributed by atoms with E-state index in [0.717, 1.165) is 15.6 Å². The van der Waals surface area contributed by atoms with Crippen LogP contribution in [0.15, 0.2) is 58.6 Å². The molecule has 2 aromatic carbocycles. The Morgan fingerprint density at radius 2 is 1.96 bits per heavy atom. The maximum atomic E-state index is 12.2. The molecule has 0 saturated carbocycles. The van der Waals surface area contributed by atoms with E-state index in [2.05, 4.69) is 15.9 Å². The third kappa shape index (κ3) is 3.77. The molecule has 0 fully saturated rings. The Morgan fingerprint density at radius 3 is 2.64 bits per heavy atom. The van der Waals surface area contributed by atoms with Crippen molar-refractivity contribution in [2.24, 2.45) is 0 Å². The van der Waals surface area contributed by atoms with Gasteiger partial charge in [-0.25, -0.2) is 4.79 Å². The fraction of sp³-hybridized carbons (Fsp3) is 0.150. The van der Waals surface area contributed by atoms with E-state index in [-0.39, 0.29) is 5.97 Å². The molecule has 0 bridgehead atoms. The largest absolute Gasteiger partial charge is 0.493 e. The first-order valence-electron chi connectivity index (χ1n) is 7.83. The van der Waals surface area contributed by atoms with E-state index in [4.69, 9.17) is 14.2 Å². The Bertz CT molecular complexity index is 853. The molecule has 0 aromatic heterocycles. The van der Waals surface area contributed by atoms with Crippen LogP contribution in [0.5, 0.6) is 11.5 Å². The summed E-state index contributed by atoms with van der Waals surface area (Å²) in [5.74, 6) is 1.42. The van der Waals surface area contributed by atoms with E-state index in [1.54, 1.807) is 19.3 Å². The van der Waals surface area contributed by atoms with Crippen LogP contribution in [0.25, 0.3) is 11.8 Å². The number of esters is 1. The van der Waals surface area contributed by atoms with Crippen LogP contribution in [0.2, 0.25) is 0 Å². The molecule has 0 amide bonds. The molecule has 25 heavy (non-hydrogen) atoms. The van der Waals surface area contributed by atoms with Crippen LogP contribution in [0.3, 0.4) is 0 Å². The van der Waals surface area contributed by atoms with Gasteiger partial charge in [-0.1, -0.05) is 30.3 Å². The van der Waals surface area contributed by atoms with Crippen molar-refractivity contribution >= 4 is 33.7 Å². The molecule has 0 N–H and O–H groups in total. The first-order chi connectivity index (χ1) is 12.1. The first kappa shape index (κ1) is 17.3. The summed E-state index contributed by atoms with van der Waals surface area (Å²) < 4.78 is 17.1. The number of carbonyl (C=O) groups is 1. The van der Waals surface area contributed by atoms with E-state index < -0.39 is 0 Å². The minimum atomic E-state index is -0.372. The number of carbonyl (C=O) groups excluding carboxylic acids is 1. The van der Waals surface area contributed by atoms with Gasteiger partial charge in [-0.05, 0) is 52.7 Å². The number of ether oxygens (including phenoxy) is 3. The monoisotopic (exact) mass is 400 g/mol. The second kappa shape index (κ2) is 7.57. The van der Waals surface area contributed by atoms with Crippen molar-refractivity contribution in [3.63, 3.8) is 0 Å². The number of rotatable bonds is 5. The van der Waals surface area contributed by atoms with E-state index in [9.17, 15) is 4.79 Å². The molecule has 3 rings (SSSR count). The zero-order valence-corrected chi connectivity index (χ0v) is 15.5. The predicted molar refractivity (Wildman–Crippen MR) is 100 cm³/mol. The summed E-state index contributed by atoms with van der Waals surface area (Å²) in [7, 11) is 1.58. The number of hydrogen-bond donors (Lipinski definition) is 0. The van der Waals surface area contributed by atoms with Crippen molar-refractivity contribution in [2.75, 3.05) is 13.7 Å². The van der Waals surface area contributed by atoms with Crippen molar-refractivity contribution < 1.29 is 19.0 Å². The summed E-state index contributed by atoms with van der Waals surface area (Å²) in [6.07, 6.45) is 3.51. The zero-order chi connectivity index (χ0) is 17.8. The molecule has 0 spiro atoms. The predicted octanol–water partition coefficient (Wildman–Crippen LogP) is 4.84. The average Bonchev–Trinajstić information content (AvgIpc) is 2.98. The zero-order valence-electron chi connectivity index (χ0n) is 13.9. The second-order valence-corrected chi connectivity index (χ2v) is 6.19. The Labute approximate surface area is 154 Å². The molecule has 5 heteroatoms. The lowest BCUT2D eigenvalue weighted by Gasteiger charge is -2.12. The average molecular weight is 401 g/mol. The quantitative estimate of drug-likeness (QED) is 0.532. The summed E-state index contributed by atoms with van der Waals surface area (Å²) >= 11 is 3.49. The van der Waals surface area contributed by atoms with Crippen LogP contribution >= 0.6 is 15.9 Å². The highest BCUT2D eigenvalue weighted by Crippen LogP contribution is 2.38. The van der Waals surface area contributed by atoms with Gasteiger partial charge < -0.3 is 14.2 Å². The Balaban J connectivity index is 1.96. The summed E-state index contributed by atoms with van der Waals surface area (Å²) in [5, 5.41) is 0.